The fraction of sp³-hybridized carbons (Fsp3) is 0. The molecule has 0 atom stereocenters. The van der Waals surface area contributed by atoms with Gasteiger partial charge in [-0.05, 0) is 18.2 Å². The van der Waals surface area contributed by atoms with Crippen LogP contribution < -0.4 is 5.32 Å². The maximum atomic E-state index is 13.4. The number of nitrogens with one attached hydrogen (secondary N) is 1. The number of nitrogens with zero attached hydrogens (tertiary/aromatic N) is 4. The highest BCUT2D eigenvalue weighted by Gasteiger charge is 2.09. The average molecular weight is 237 g/mol. The molecule has 0 radical (unpaired) electrons. The van der Waals surface area contributed by atoms with Gasteiger partial charge in [0.25, 0.3) is 0 Å². The lowest BCUT2D eigenvalue weighted by molar-refractivity contribution is 0.631. The van der Waals surface area contributed by atoms with Gasteiger partial charge in [-0.3, -0.25) is 0 Å². The molecule has 0 aromatic heterocycles. The van der Waals surface area contributed by atoms with Crippen LogP contribution in [0.3, 0.4) is 0 Å². The minimum atomic E-state index is -0.697. The Kier molecular flexibility index (Phi) is 4.00. The minimum absolute atomic E-state index is 0.145. The van der Waals surface area contributed by atoms with Gasteiger partial charge in [0.05, 0.1) is 17.3 Å². The van der Waals surface area contributed by atoms with E-state index in [9.17, 15) is 4.39 Å². The third-order valence-corrected chi connectivity index (χ3v) is 1.94. The standard InChI is InChI=1S/C12H4FN5/c13-10-2-1-8(4-14)3-11(10)18-12(7-17)9(5-15)6-16/h1-3,18H. The van der Waals surface area contributed by atoms with Crippen molar-refractivity contribution in [1.82, 2.24) is 0 Å². The van der Waals surface area contributed by atoms with Crippen LogP contribution in [0.1, 0.15) is 5.56 Å². The Morgan fingerprint density at radius 1 is 1.06 bits per heavy atom. The van der Waals surface area contributed by atoms with Gasteiger partial charge in [0.1, 0.15) is 29.7 Å². The van der Waals surface area contributed by atoms with Crippen molar-refractivity contribution in [1.29, 1.82) is 21.0 Å². The van der Waals surface area contributed by atoms with Gasteiger partial charge >= 0.3 is 0 Å². The number of anilines is 1. The molecule has 0 saturated heterocycles. The van der Waals surface area contributed by atoms with Crippen LogP contribution >= 0.6 is 0 Å². The topological polar surface area (TPSA) is 107 Å². The minimum Gasteiger partial charge on any atom is -0.343 e. The largest absolute Gasteiger partial charge is 0.343 e. The molecule has 0 aliphatic rings. The highest BCUT2D eigenvalue weighted by atomic mass is 19.1. The molecule has 0 fully saturated rings. The van der Waals surface area contributed by atoms with Crippen LogP contribution in [-0.2, 0) is 0 Å². The Balaban J connectivity index is 3.25. The first-order valence-corrected chi connectivity index (χ1v) is 4.57. The van der Waals surface area contributed by atoms with Crippen LogP contribution in [-0.4, -0.2) is 0 Å². The smallest absolute Gasteiger partial charge is 0.163 e. The number of rotatable bonds is 2. The van der Waals surface area contributed by atoms with Crippen LogP contribution in [0.15, 0.2) is 29.5 Å². The molecule has 1 aromatic carbocycles. The summed E-state index contributed by atoms with van der Waals surface area (Å²) in [5.74, 6) is -0.697. The van der Waals surface area contributed by atoms with E-state index >= 15 is 0 Å². The van der Waals surface area contributed by atoms with Gasteiger partial charge in [-0.15, -0.1) is 0 Å². The van der Waals surface area contributed by atoms with Gasteiger partial charge in [0, 0.05) is 0 Å². The predicted molar refractivity (Wildman–Crippen MR) is 58.6 cm³/mol. The molecule has 18 heavy (non-hydrogen) atoms. The fourth-order valence-corrected chi connectivity index (χ4v) is 1.11. The van der Waals surface area contributed by atoms with Gasteiger partial charge in [0.15, 0.2) is 5.57 Å². The molecule has 0 unspecified atom stereocenters. The molecule has 0 spiro atoms. The molecule has 1 N–H and O–H groups in total. The van der Waals surface area contributed by atoms with E-state index < -0.39 is 11.4 Å². The summed E-state index contributed by atoms with van der Waals surface area (Å²) in [6, 6.07) is 9.93. The van der Waals surface area contributed by atoms with Crippen molar-refractivity contribution in [2.45, 2.75) is 0 Å². The van der Waals surface area contributed by atoms with E-state index in [2.05, 4.69) is 5.32 Å². The zero-order chi connectivity index (χ0) is 13.5. The zero-order valence-corrected chi connectivity index (χ0v) is 8.90. The molecule has 6 heteroatoms. The van der Waals surface area contributed by atoms with Crippen molar-refractivity contribution >= 4 is 5.69 Å². The number of nitriles is 4. The van der Waals surface area contributed by atoms with Crippen LogP contribution in [0.4, 0.5) is 10.1 Å². The van der Waals surface area contributed by atoms with Crippen molar-refractivity contribution < 1.29 is 4.39 Å². The highest BCUT2D eigenvalue weighted by Crippen LogP contribution is 2.18. The molecule has 0 saturated carbocycles. The molecule has 1 aromatic rings. The summed E-state index contributed by atoms with van der Waals surface area (Å²) in [5, 5.41) is 37.0. The van der Waals surface area contributed by atoms with Crippen LogP contribution in [0, 0.1) is 51.1 Å². The third kappa shape index (κ3) is 2.61. The van der Waals surface area contributed by atoms with E-state index in [1.54, 1.807) is 6.07 Å². The van der Waals surface area contributed by atoms with E-state index in [0.29, 0.717) is 0 Å². The van der Waals surface area contributed by atoms with Crippen molar-refractivity contribution in [3.63, 3.8) is 0 Å². The fourth-order valence-electron chi connectivity index (χ4n) is 1.11. The molecular weight excluding hydrogens is 233 g/mol. The van der Waals surface area contributed by atoms with Gasteiger partial charge in [-0.25, -0.2) is 4.39 Å². The summed E-state index contributed by atoms with van der Waals surface area (Å²) >= 11 is 0. The van der Waals surface area contributed by atoms with E-state index in [1.807, 2.05) is 6.07 Å². The lowest BCUT2D eigenvalue weighted by Gasteiger charge is -2.05. The number of benzene rings is 1. The summed E-state index contributed by atoms with van der Waals surface area (Å²) in [6.07, 6.45) is 0. The summed E-state index contributed by atoms with van der Waals surface area (Å²) < 4.78 is 13.4. The van der Waals surface area contributed by atoms with E-state index in [4.69, 9.17) is 21.0 Å². The Hall–Kier alpha value is -3.35. The summed E-state index contributed by atoms with van der Waals surface area (Å²) in [7, 11) is 0. The van der Waals surface area contributed by atoms with Gasteiger partial charge in [-0.1, -0.05) is 0 Å². The molecule has 0 bridgehead atoms. The molecule has 0 aliphatic carbocycles. The highest BCUT2D eigenvalue weighted by molar-refractivity contribution is 5.60. The SMILES string of the molecule is N#CC(C#N)=C(C#N)Nc1cc(C#N)ccc1F. The maximum absolute atomic E-state index is 13.4. The monoisotopic (exact) mass is 237 g/mol. The first-order chi connectivity index (χ1) is 8.65. The maximum Gasteiger partial charge on any atom is 0.163 e. The summed E-state index contributed by atoms with van der Waals surface area (Å²) in [4.78, 5) is 0. The lowest BCUT2D eigenvalue weighted by atomic mass is 10.2. The molecule has 1 rings (SSSR count). The second-order valence-electron chi connectivity index (χ2n) is 3.02. The van der Waals surface area contributed by atoms with Crippen LogP contribution in [0.5, 0.6) is 0 Å². The normalized spacial score (nSPS) is 8.06. The molecular formula is C12H4FN5. The first kappa shape index (κ1) is 12.7. The number of allylic oxidation sites excluding steroid dienone is 2. The number of halogens is 1. The quantitative estimate of drug-likeness (QED) is 0.790. The Labute approximate surface area is 102 Å². The van der Waals surface area contributed by atoms with E-state index in [0.717, 1.165) is 6.07 Å². The molecule has 0 aliphatic heterocycles. The number of hydrogen-bond donors (Lipinski definition) is 1. The summed E-state index contributed by atoms with van der Waals surface area (Å²) in [6.45, 7) is 0. The van der Waals surface area contributed by atoms with Crippen molar-refractivity contribution in [3.05, 3.63) is 40.8 Å². The summed E-state index contributed by atoms with van der Waals surface area (Å²) in [5.41, 5.74) is -0.784. The molecule has 0 heterocycles. The van der Waals surface area contributed by atoms with Crippen LogP contribution in [0.2, 0.25) is 0 Å². The van der Waals surface area contributed by atoms with Gasteiger partial charge in [-0.2, -0.15) is 21.0 Å². The second kappa shape index (κ2) is 5.66. The third-order valence-electron chi connectivity index (χ3n) is 1.94. The molecule has 0 amide bonds. The Bertz CT molecular complexity index is 660. The first-order valence-electron chi connectivity index (χ1n) is 4.57. The van der Waals surface area contributed by atoms with Crippen molar-refractivity contribution in [2.24, 2.45) is 0 Å². The van der Waals surface area contributed by atoms with E-state index in [-0.39, 0.29) is 16.9 Å². The van der Waals surface area contributed by atoms with Crippen molar-refractivity contribution in [3.8, 4) is 24.3 Å². The lowest BCUT2D eigenvalue weighted by Crippen LogP contribution is -2.02. The van der Waals surface area contributed by atoms with Crippen LogP contribution in [0.25, 0.3) is 0 Å². The second-order valence-corrected chi connectivity index (χ2v) is 3.02. The average Bonchev–Trinajstić information content (AvgIpc) is 2.40. The predicted octanol–water partition coefficient (Wildman–Crippen LogP) is 1.93. The Morgan fingerprint density at radius 2 is 1.72 bits per heavy atom. The zero-order valence-electron chi connectivity index (χ0n) is 8.90. The van der Waals surface area contributed by atoms with E-state index in [1.165, 1.54) is 24.3 Å². The molecule has 5 nitrogen and oxygen atoms in total. The number of hydrogen-bond acceptors (Lipinski definition) is 5. The van der Waals surface area contributed by atoms with Crippen molar-refractivity contribution in [2.75, 3.05) is 5.32 Å². The van der Waals surface area contributed by atoms with Gasteiger partial charge in [0.2, 0.25) is 0 Å². The van der Waals surface area contributed by atoms with Gasteiger partial charge < -0.3 is 5.32 Å². The molecule has 84 valence electrons. The Morgan fingerprint density at radius 3 is 2.22 bits per heavy atom.